The van der Waals surface area contributed by atoms with Gasteiger partial charge < -0.3 is 20.9 Å². The van der Waals surface area contributed by atoms with Crippen molar-refractivity contribution in [1.82, 2.24) is 15.1 Å². The lowest BCUT2D eigenvalue weighted by atomic mass is 10.1. The lowest BCUT2D eigenvalue weighted by molar-refractivity contribution is 0.275. The minimum atomic E-state index is 0. The van der Waals surface area contributed by atoms with Gasteiger partial charge in [0.15, 0.2) is 5.96 Å². The fourth-order valence-corrected chi connectivity index (χ4v) is 2.85. The Morgan fingerprint density at radius 1 is 1.17 bits per heavy atom. The smallest absolute Gasteiger partial charge is 0.188 e. The van der Waals surface area contributed by atoms with Gasteiger partial charge in [-0.15, -0.1) is 24.0 Å². The van der Waals surface area contributed by atoms with Gasteiger partial charge in [-0.1, -0.05) is 30.3 Å². The van der Waals surface area contributed by atoms with Crippen LogP contribution >= 0.6 is 24.0 Å². The van der Waals surface area contributed by atoms with Crippen molar-refractivity contribution in [3.05, 3.63) is 35.9 Å². The molecular weight excluding hydrogens is 413 g/mol. The van der Waals surface area contributed by atoms with Gasteiger partial charge in [0.1, 0.15) is 0 Å². The first-order valence-corrected chi connectivity index (χ1v) is 8.72. The van der Waals surface area contributed by atoms with Crippen molar-refractivity contribution in [2.75, 3.05) is 52.9 Å². The van der Waals surface area contributed by atoms with Gasteiger partial charge in [0.2, 0.25) is 0 Å². The molecule has 1 aromatic carbocycles. The number of nitrogens with two attached hydrogens (primary N) is 1. The van der Waals surface area contributed by atoms with Crippen LogP contribution in [0.2, 0.25) is 0 Å². The van der Waals surface area contributed by atoms with Crippen molar-refractivity contribution in [2.24, 2.45) is 10.7 Å². The molecule has 3 N–H and O–H groups in total. The summed E-state index contributed by atoms with van der Waals surface area (Å²) in [6.45, 7) is 7.52. The van der Waals surface area contributed by atoms with E-state index in [1.807, 2.05) is 6.07 Å². The van der Waals surface area contributed by atoms with Crippen molar-refractivity contribution in [2.45, 2.75) is 19.3 Å². The fraction of sp³-hybridized carbons (Fsp3) is 0.611. The van der Waals surface area contributed by atoms with E-state index >= 15 is 0 Å². The average molecular weight is 445 g/mol. The molecule has 0 bridgehead atoms. The molecule has 24 heavy (non-hydrogen) atoms. The Morgan fingerprint density at radius 2 is 1.96 bits per heavy atom. The predicted molar refractivity (Wildman–Crippen MR) is 113 cm³/mol. The molecule has 1 aromatic rings. The molecule has 0 radical (unpaired) electrons. The Labute approximate surface area is 163 Å². The largest absolute Gasteiger partial charge is 0.370 e. The number of halogens is 1. The van der Waals surface area contributed by atoms with Crippen LogP contribution in [0.3, 0.4) is 0 Å². The molecule has 6 heteroatoms. The maximum Gasteiger partial charge on any atom is 0.188 e. The molecule has 0 amide bonds. The van der Waals surface area contributed by atoms with Crippen molar-refractivity contribution in [3.8, 4) is 0 Å². The van der Waals surface area contributed by atoms with Gasteiger partial charge in [-0.2, -0.15) is 0 Å². The molecule has 0 saturated carbocycles. The van der Waals surface area contributed by atoms with E-state index in [1.165, 1.54) is 38.2 Å². The van der Waals surface area contributed by atoms with Crippen LogP contribution in [-0.4, -0.2) is 68.6 Å². The molecule has 1 fully saturated rings. The van der Waals surface area contributed by atoms with Gasteiger partial charge in [-0.05, 0) is 51.5 Å². The highest BCUT2D eigenvalue weighted by Gasteiger charge is 2.10. The summed E-state index contributed by atoms with van der Waals surface area (Å²) in [6, 6.07) is 10.4. The summed E-state index contributed by atoms with van der Waals surface area (Å²) in [5.41, 5.74) is 7.24. The van der Waals surface area contributed by atoms with E-state index in [2.05, 4.69) is 51.4 Å². The predicted octanol–water partition coefficient (Wildman–Crippen LogP) is 1.78. The second-order valence-electron chi connectivity index (χ2n) is 6.28. The third-order valence-corrected chi connectivity index (χ3v) is 4.29. The number of hydrogen-bond donors (Lipinski definition) is 2. The summed E-state index contributed by atoms with van der Waals surface area (Å²) >= 11 is 0. The van der Waals surface area contributed by atoms with E-state index in [-0.39, 0.29) is 24.0 Å². The molecule has 0 spiro atoms. The van der Waals surface area contributed by atoms with Gasteiger partial charge in [0.25, 0.3) is 0 Å². The molecule has 2 rings (SSSR count). The number of hydrogen-bond acceptors (Lipinski definition) is 3. The highest BCUT2D eigenvalue weighted by molar-refractivity contribution is 14.0. The monoisotopic (exact) mass is 445 g/mol. The zero-order valence-electron chi connectivity index (χ0n) is 14.8. The number of rotatable bonds is 7. The second-order valence-corrected chi connectivity index (χ2v) is 6.28. The fourth-order valence-electron chi connectivity index (χ4n) is 2.85. The maximum absolute atomic E-state index is 5.92. The normalized spacial score (nSPS) is 17.1. The molecule has 1 saturated heterocycles. The van der Waals surface area contributed by atoms with Crippen LogP contribution in [0.4, 0.5) is 0 Å². The van der Waals surface area contributed by atoms with Crippen molar-refractivity contribution in [1.29, 1.82) is 0 Å². The van der Waals surface area contributed by atoms with Crippen LogP contribution in [0.15, 0.2) is 35.3 Å². The summed E-state index contributed by atoms with van der Waals surface area (Å²) in [6.07, 6.45) is 3.31. The Hall–Kier alpha value is -0.860. The van der Waals surface area contributed by atoms with Crippen LogP contribution in [-0.2, 0) is 6.42 Å². The third-order valence-electron chi connectivity index (χ3n) is 4.29. The molecular formula is C18H32IN5. The third kappa shape index (κ3) is 8.84. The van der Waals surface area contributed by atoms with Crippen LogP contribution < -0.4 is 11.1 Å². The van der Waals surface area contributed by atoms with Gasteiger partial charge >= 0.3 is 0 Å². The topological polar surface area (TPSA) is 56.9 Å². The highest BCUT2D eigenvalue weighted by Crippen LogP contribution is 2.02. The SMILES string of the molecule is CN1CCCN(CCCN=C(N)NCCc2ccccc2)CC1.I. The molecule has 1 aliphatic heterocycles. The summed E-state index contributed by atoms with van der Waals surface area (Å²) in [7, 11) is 2.20. The van der Waals surface area contributed by atoms with Gasteiger partial charge in [0, 0.05) is 26.2 Å². The summed E-state index contributed by atoms with van der Waals surface area (Å²) in [4.78, 5) is 9.37. The van der Waals surface area contributed by atoms with E-state index in [0.29, 0.717) is 5.96 Å². The minimum Gasteiger partial charge on any atom is -0.370 e. The molecule has 0 atom stereocenters. The first-order chi connectivity index (χ1) is 11.2. The molecule has 136 valence electrons. The number of benzene rings is 1. The van der Waals surface area contributed by atoms with Crippen molar-refractivity contribution < 1.29 is 0 Å². The Balaban J connectivity index is 0.00000288. The summed E-state index contributed by atoms with van der Waals surface area (Å²) in [5, 5.41) is 3.19. The molecule has 1 aliphatic rings. The van der Waals surface area contributed by atoms with Crippen molar-refractivity contribution >= 4 is 29.9 Å². The Morgan fingerprint density at radius 3 is 2.75 bits per heavy atom. The first kappa shape index (κ1) is 21.2. The Bertz CT molecular complexity index is 466. The zero-order chi connectivity index (χ0) is 16.3. The van der Waals surface area contributed by atoms with Gasteiger partial charge in [0.05, 0.1) is 0 Å². The molecule has 0 unspecified atom stereocenters. The Kier molecular flexibility index (Phi) is 11.0. The van der Waals surface area contributed by atoms with Crippen LogP contribution in [0.25, 0.3) is 0 Å². The zero-order valence-corrected chi connectivity index (χ0v) is 17.1. The quantitative estimate of drug-likeness (QED) is 0.291. The number of aliphatic imine (C=N–C) groups is 1. The van der Waals surface area contributed by atoms with E-state index in [9.17, 15) is 0 Å². The minimum absolute atomic E-state index is 0. The van der Waals surface area contributed by atoms with Gasteiger partial charge in [-0.3, -0.25) is 4.99 Å². The molecule has 0 aliphatic carbocycles. The van der Waals surface area contributed by atoms with E-state index in [1.54, 1.807) is 0 Å². The standard InChI is InChI=1S/C18H31N5.HI/c1-22-12-6-14-23(16-15-22)13-5-10-20-18(19)21-11-9-17-7-3-2-4-8-17;/h2-4,7-8H,5-6,9-16H2,1H3,(H3,19,20,21);1H. The van der Waals surface area contributed by atoms with E-state index in [4.69, 9.17) is 5.73 Å². The second kappa shape index (κ2) is 12.5. The van der Waals surface area contributed by atoms with E-state index < -0.39 is 0 Å². The van der Waals surface area contributed by atoms with Crippen LogP contribution in [0.1, 0.15) is 18.4 Å². The molecule has 0 aromatic heterocycles. The highest BCUT2D eigenvalue weighted by atomic mass is 127. The van der Waals surface area contributed by atoms with Crippen LogP contribution in [0, 0.1) is 0 Å². The lowest BCUT2D eigenvalue weighted by Gasteiger charge is -2.19. The van der Waals surface area contributed by atoms with Crippen LogP contribution in [0.5, 0.6) is 0 Å². The van der Waals surface area contributed by atoms with E-state index in [0.717, 1.165) is 32.5 Å². The molecule has 1 heterocycles. The number of guanidine groups is 1. The van der Waals surface area contributed by atoms with Gasteiger partial charge in [-0.25, -0.2) is 0 Å². The van der Waals surface area contributed by atoms with Crippen molar-refractivity contribution in [3.63, 3.8) is 0 Å². The first-order valence-electron chi connectivity index (χ1n) is 8.72. The number of nitrogens with one attached hydrogen (secondary N) is 1. The lowest BCUT2D eigenvalue weighted by Crippen LogP contribution is -2.34. The number of nitrogens with zero attached hydrogens (tertiary/aromatic N) is 3. The summed E-state index contributed by atoms with van der Waals surface area (Å²) < 4.78 is 0. The maximum atomic E-state index is 5.92. The summed E-state index contributed by atoms with van der Waals surface area (Å²) in [5.74, 6) is 0.566. The number of likely N-dealkylation sites (N-methyl/N-ethyl adjacent to an activating group) is 1. The molecule has 5 nitrogen and oxygen atoms in total. The average Bonchev–Trinajstić information content (AvgIpc) is 2.77.